The van der Waals surface area contributed by atoms with E-state index in [0.717, 1.165) is 31.6 Å². The largest absolute Gasteiger partial charge is 0.302 e. The fourth-order valence-electron chi connectivity index (χ4n) is 1.67. The maximum atomic E-state index is 4.18. The molecule has 0 N–H and O–H groups in total. The number of rotatable bonds is 1. The number of nitrogens with zero attached hydrogens (tertiary/aromatic N) is 3. The van der Waals surface area contributed by atoms with Gasteiger partial charge in [0.2, 0.25) is 0 Å². The molecule has 0 amide bonds. The number of hydrogen-bond acceptors (Lipinski definition) is 3. The SMILES string of the molecule is CC.CC1=NN=C(C2=CCN(C)CC2)C1. The van der Waals surface area contributed by atoms with Gasteiger partial charge in [0, 0.05) is 25.2 Å². The Balaban J connectivity index is 0.000000531. The third kappa shape index (κ3) is 3.27. The molecule has 0 saturated carbocycles. The van der Waals surface area contributed by atoms with Crippen LogP contribution in [0.1, 0.15) is 33.6 Å². The molecule has 84 valence electrons. The van der Waals surface area contributed by atoms with Gasteiger partial charge in [-0.05, 0) is 26.0 Å². The van der Waals surface area contributed by atoms with E-state index in [9.17, 15) is 0 Å². The minimum Gasteiger partial charge on any atom is -0.302 e. The van der Waals surface area contributed by atoms with Gasteiger partial charge in [-0.25, -0.2) is 0 Å². The Hall–Kier alpha value is -0.960. The van der Waals surface area contributed by atoms with E-state index < -0.39 is 0 Å². The van der Waals surface area contributed by atoms with Crippen LogP contribution in [0.15, 0.2) is 21.9 Å². The van der Waals surface area contributed by atoms with E-state index in [-0.39, 0.29) is 0 Å². The zero-order chi connectivity index (χ0) is 11.3. The van der Waals surface area contributed by atoms with Gasteiger partial charge in [0.1, 0.15) is 0 Å². The molecule has 0 spiro atoms. The second kappa shape index (κ2) is 5.81. The van der Waals surface area contributed by atoms with Crippen LogP contribution in [0.4, 0.5) is 0 Å². The standard InChI is InChI=1S/C10H15N3.C2H6/c1-8-7-10(12-11-8)9-3-5-13(2)6-4-9;1-2/h3H,4-7H2,1-2H3;1-2H3. The maximum absolute atomic E-state index is 4.18. The lowest BCUT2D eigenvalue weighted by atomic mass is 10.0. The summed E-state index contributed by atoms with van der Waals surface area (Å²) in [5.74, 6) is 0. The van der Waals surface area contributed by atoms with E-state index in [1.807, 2.05) is 20.8 Å². The molecule has 0 aromatic heterocycles. The van der Waals surface area contributed by atoms with E-state index in [4.69, 9.17) is 0 Å². The molecule has 15 heavy (non-hydrogen) atoms. The van der Waals surface area contributed by atoms with E-state index >= 15 is 0 Å². The van der Waals surface area contributed by atoms with Gasteiger partial charge in [-0.15, -0.1) is 0 Å². The Kier molecular flexibility index (Phi) is 4.69. The predicted octanol–water partition coefficient (Wildman–Crippen LogP) is 2.50. The highest BCUT2D eigenvalue weighted by Crippen LogP contribution is 2.16. The molecule has 2 aliphatic heterocycles. The summed E-state index contributed by atoms with van der Waals surface area (Å²) < 4.78 is 0. The van der Waals surface area contributed by atoms with Gasteiger partial charge in [0.15, 0.2) is 0 Å². The van der Waals surface area contributed by atoms with Crippen molar-refractivity contribution in [2.75, 3.05) is 20.1 Å². The van der Waals surface area contributed by atoms with Crippen molar-refractivity contribution < 1.29 is 0 Å². The first-order chi connectivity index (χ1) is 7.25. The van der Waals surface area contributed by atoms with Crippen LogP contribution in [0.3, 0.4) is 0 Å². The third-order valence-corrected chi connectivity index (χ3v) is 2.55. The van der Waals surface area contributed by atoms with Crippen LogP contribution in [-0.2, 0) is 0 Å². The molecule has 0 radical (unpaired) electrons. The van der Waals surface area contributed by atoms with Crippen LogP contribution in [0, 0.1) is 0 Å². The van der Waals surface area contributed by atoms with Crippen LogP contribution in [0.2, 0.25) is 0 Å². The summed E-state index contributed by atoms with van der Waals surface area (Å²) in [5, 5.41) is 8.25. The predicted molar refractivity (Wildman–Crippen MR) is 66.7 cm³/mol. The molecular weight excluding hydrogens is 186 g/mol. The molecule has 2 rings (SSSR count). The van der Waals surface area contributed by atoms with Crippen molar-refractivity contribution in [3.05, 3.63) is 11.6 Å². The molecule has 0 atom stereocenters. The Morgan fingerprint density at radius 3 is 2.47 bits per heavy atom. The lowest BCUT2D eigenvalue weighted by Gasteiger charge is -2.21. The summed E-state index contributed by atoms with van der Waals surface area (Å²) in [6.45, 7) is 8.23. The van der Waals surface area contributed by atoms with Crippen molar-refractivity contribution in [2.24, 2.45) is 10.2 Å². The van der Waals surface area contributed by atoms with Gasteiger partial charge in [0.25, 0.3) is 0 Å². The van der Waals surface area contributed by atoms with Crippen molar-refractivity contribution in [3.63, 3.8) is 0 Å². The highest BCUT2D eigenvalue weighted by atomic mass is 15.2. The second-order valence-electron chi connectivity index (χ2n) is 3.80. The number of hydrogen-bond donors (Lipinski definition) is 0. The minimum atomic E-state index is 0.954. The molecule has 2 aliphatic rings. The summed E-state index contributed by atoms with van der Waals surface area (Å²) in [6, 6.07) is 0. The topological polar surface area (TPSA) is 28.0 Å². The quantitative estimate of drug-likeness (QED) is 0.649. The smallest absolute Gasteiger partial charge is 0.0716 e. The molecule has 0 aromatic carbocycles. The molecular formula is C12H21N3. The fourth-order valence-corrected chi connectivity index (χ4v) is 1.67. The molecule has 0 aliphatic carbocycles. The normalized spacial score (nSPS) is 21.2. The van der Waals surface area contributed by atoms with E-state index in [1.54, 1.807) is 0 Å². The van der Waals surface area contributed by atoms with Gasteiger partial charge in [0.05, 0.1) is 5.71 Å². The van der Waals surface area contributed by atoms with E-state index in [2.05, 4.69) is 28.2 Å². The Morgan fingerprint density at radius 1 is 1.27 bits per heavy atom. The van der Waals surface area contributed by atoms with Crippen molar-refractivity contribution >= 4 is 11.4 Å². The van der Waals surface area contributed by atoms with Gasteiger partial charge >= 0.3 is 0 Å². The molecule has 0 aromatic rings. The zero-order valence-corrected chi connectivity index (χ0v) is 10.2. The van der Waals surface area contributed by atoms with E-state index in [1.165, 1.54) is 11.3 Å². The monoisotopic (exact) mass is 207 g/mol. The first kappa shape index (κ1) is 12.1. The lowest BCUT2D eigenvalue weighted by Crippen LogP contribution is -2.26. The minimum absolute atomic E-state index is 0.954. The van der Waals surface area contributed by atoms with Gasteiger partial charge in [-0.3, -0.25) is 0 Å². The molecule has 0 saturated heterocycles. The molecule has 0 unspecified atom stereocenters. The molecule has 0 bridgehead atoms. The van der Waals surface area contributed by atoms with Crippen LogP contribution >= 0.6 is 0 Å². The van der Waals surface area contributed by atoms with E-state index in [0.29, 0.717) is 0 Å². The first-order valence-corrected chi connectivity index (χ1v) is 5.73. The third-order valence-electron chi connectivity index (χ3n) is 2.55. The molecule has 2 heterocycles. The van der Waals surface area contributed by atoms with Crippen LogP contribution in [0.25, 0.3) is 0 Å². The van der Waals surface area contributed by atoms with Gasteiger partial charge < -0.3 is 4.90 Å². The zero-order valence-electron chi connectivity index (χ0n) is 10.2. The van der Waals surface area contributed by atoms with Crippen molar-refractivity contribution in [1.29, 1.82) is 0 Å². The first-order valence-electron chi connectivity index (χ1n) is 5.73. The molecule has 3 heteroatoms. The van der Waals surface area contributed by atoms with Gasteiger partial charge in [-0.2, -0.15) is 10.2 Å². The highest BCUT2D eigenvalue weighted by Gasteiger charge is 2.16. The van der Waals surface area contributed by atoms with Gasteiger partial charge in [-0.1, -0.05) is 19.9 Å². The average molecular weight is 207 g/mol. The van der Waals surface area contributed by atoms with Crippen molar-refractivity contribution in [1.82, 2.24) is 4.90 Å². The Morgan fingerprint density at radius 2 is 2.00 bits per heavy atom. The van der Waals surface area contributed by atoms with Crippen LogP contribution in [-0.4, -0.2) is 36.5 Å². The van der Waals surface area contributed by atoms with Crippen LogP contribution in [0.5, 0.6) is 0 Å². The molecule has 3 nitrogen and oxygen atoms in total. The summed E-state index contributed by atoms with van der Waals surface area (Å²) in [6.07, 6.45) is 4.35. The summed E-state index contributed by atoms with van der Waals surface area (Å²) in [7, 11) is 2.14. The Labute approximate surface area is 92.6 Å². The summed E-state index contributed by atoms with van der Waals surface area (Å²) in [5.41, 5.74) is 3.72. The second-order valence-corrected chi connectivity index (χ2v) is 3.80. The highest BCUT2D eigenvalue weighted by molar-refractivity contribution is 6.14. The fraction of sp³-hybridized carbons (Fsp3) is 0.667. The Bertz CT molecular complexity index is 300. The maximum Gasteiger partial charge on any atom is 0.0716 e. The lowest BCUT2D eigenvalue weighted by molar-refractivity contribution is 0.362. The van der Waals surface area contributed by atoms with Crippen molar-refractivity contribution in [2.45, 2.75) is 33.6 Å². The average Bonchev–Trinajstić information content (AvgIpc) is 2.69. The van der Waals surface area contributed by atoms with Crippen molar-refractivity contribution in [3.8, 4) is 0 Å². The summed E-state index contributed by atoms with van der Waals surface area (Å²) in [4.78, 5) is 2.31. The molecule has 0 fully saturated rings. The number of likely N-dealkylation sites (N-methyl/N-ethyl adjacent to an activating group) is 1. The van der Waals surface area contributed by atoms with Crippen LogP contribution < -0.4 is 0 Å². The summed E-state index contributed by atoms with van der Waals surface area (Å²) >= 11 is 0.